The van der Waals surface area contributed by atoms with E-state index in [2.05, 4.69) is 17.3 Å². The largest absolute Gasteiger partial charge is 0.355 e. The summed E-state index contributed by atoms with van der Waals surface area (Å²) >= 11 is 5.35. The van der Waals surface area contributed by atoms with Crippen molar-refractivity contribution >= 4 is 23.4 Å². The average Bonchev–Trinajstić information content (AvgIpc) is 2.38. The van der Waals surface area contributed by atoms with Gasteiger partial charge in [0.1, 0.15) is 5.88 Å². The highest BCUT2D eigenvalue weighted by Crippen LogP contribution is 2.14. The number of likely N-dealkylation sites (tertiary alicyclic amines) is 1. The highest BCUT2D eigenvalue weighted by atomic mass is 35.5. The van der Waals surface area contributed by atoms with Gasteiger partial charge in [0.25, 0.3) is 0 Å². The fraction of sp³-hybridized carbons (Fsp3) is 0.833. The van der Waals surface area contributed by atoms with Crippen molar-refractivity contribution in [1.29, 1.82) is 0 Å². The Bertz CT molecular complexity index is 291. The lowest BCUT2D eigenvalue weighted by Gasteiger charge is -2.35. The molecule has 104 valence electrons. The molecule has 1 fully saturated rings. The molecule has 0 atom stereocenters. The number of piperidine rings is 1. The summed E-state index contributed by atoms with van der Waals surface area (Å²) in [5, 5.41) is 2.60. The second-order valence-electron chi connectivity index (χ2n) is 4.77. The van der Waals surface area contributed by atoms with E-state index in [0.29, 0.717) is 19.0 Å². The standard InChI is InChI=1S/C12H22ClN3O2/c1-15-7-4-10(5-8-15)16(2)12(18)3-6-14-11(17)9-13/h10H,3-9H2,1-2H3,(H,14,17). The number of hydrogen-bond donors (Lipinski definition) is 1. The van der Waals surface area contributed by atoms with Crippen molar-refractivity contribution in [2.75, 3.05) is 39.6 Å². The minimum atomic E-state index is -0.230. The van der Waals surface area contributed by atoms with Gasteiger partial charge in [0.15, 0.2) is 0 Å². The maximum Gasteiger partial charge on any atom is 0.234 e. The molecule has 1 saturated heterocycles. The molecule has 2 amide bonds. The van der Waals surface area contributed by atoms with Gasteiger partial charge in [-0.2, -0.15) is 0 Å². The minimum absolute atomic E-state index is 0.0566. The van der Waals surface area contributed by atoms with Crippen LogP contribution in [0.2, 0.25) is 0 Å². The molecule has 0 aromatic heterocycles. The Morgan fingerprint density at radius 3 is 2.56 bits per heavy atom. The third kappa shape index (κ3) is 4.82. The van der Waals surface area contributed by atoms with E-state index in [0.717, 1.165) is 25.9 Å². The van der Waals surface area contributed by atoms with Crippen LogP contribution in [0.15, 0.2) is 0 Å². The molecule has 0 radical (unpaired) electrons. The first kappa shape index (κ1) is 15.2. The number of alkyl halides is 1. The number of halogens is 1. The van der Waals surface area contributed by atoms with Crippen molar-refractivity contribution in [1.82, 2.24) is 15.1 Å². The van der Waals surface area contributed by atoms with Crippen LogP contribution in [0.4, 0.5) is 0 Å². The predicted molar refractivity (Wildman–Crippen MR) is 71.6 cm³/mol. The van der Waals surface area contributed by atoms with E-state index in [1.807, 2.05) is 11.9 Å². The first-order chi connectivity index (χ1) is 8.54. The predicted octanol–water partition coefficient (Wildman–Crippen LogP) is 0.284. The first-order valence-electron chi connectivity index (χ1n) is 6.31. The zero-order chi connectivity index (χ0) is 13.5. The summed E-state index contributed by atoms with van der Waals surface area (Å²) in [6, 6.07) is 0.331. The van der Waals surface area contributed by atoms with Gasteiger partial charge >= 0.3 is 0 Å². The number of amides is 2. The lowest BCUT2D eigenvalue weighted by molar-refractivity contribution is -0.132. The molecular formula is C12H22ClN3O2. The van der Waals surface area contributed by atoms with Crippen LogP contribution in [0, 0.1) is 0 Å². The van der Waals surface area contributed by atoms with Gasteiger partial charge in [0.05, 0.1) is 0 Å². The van der Waals surface area contributed by atoms with E-state index >= 15 is 0 Å². The topological polar surface area (TPSA) is 52.6 Å². The first-order valence-corrected chi connectivity index (χ1v) is 6.85. The van der Waals surface area contributed by atoms with Gasteiger partial charge < -0.3 is 15.1 Å². The molecule has 5 nitrogen and oxygen atoms in total. The highest BCUT2D eigenvalue weighted by Gasteiger charge is 2.23. The van der Waals surface area contributed by atoms with Crippen molar-refractivity contribution in [3.63, 3.8) is 0 Å². The highest BCUT2D eigenvalue weighted by molar-refractivity contribution is 6.27. The molecule has 1 heterocycles. The van der Waals surface area contributed by atoms with Crippen LogP contribution >= 0.6 is 11.6 Å². The summed E-state index contributed by atoms with van der Waals surface area (Å²) in [5.41, 5.74) is 0. The van der Waals surface area contributed by atoms with E-state index in [1.54, 1.807) is 0 Å². The molecule has 0 saturated carbocycles. The van der Waals surface area contributed by atoms with Crippen LogP contribution in [0.3, 0.4) is 0 Å². The maximum atomic E-state index is 11.9. The van der Waals surface area contributed by atoms with E-state index in [9.17, 15) is 9.59 Å². The SMILES string of the molecule is CN1CCC(N(C)C(=O)CCNC(=O)CCl)CC1. The summed E-state index contributed by atoms with van der Waals surface area (Å²) < 4.78 is 0. The number of rotatable bonds is 5. The van der Waals surface area contributed by atoms with Crippen molar-refractivity contribution < 1.29 is 9.59 Å². The molecule has 6 heteroatoms. The number of carbonyl (C=O) groups is 2. The number of carbonyl (C=O) groups excluding carboxylic acids is 2. The van der Waals surface area contributed by atoms with Crippen LogP contribution in [-0.4, -0.2) is 67.3 Å². The molecule has 0 aliphatic carbocycles. The Kier molecular flexibility index (Phi) is 6.43. The summed E-state index contributed by atoms with van der Waals surface area (Å²) in [7, 11) is 3.95. The normalized spacial score (nSPS) is 17.5. The monoisotopic (exact) mass is 275 g/mol. The Hall–Kier alpha value is -0.810. The van der Waals surface area contributed by atoms with E-state index in [-0.39, 0.29) is 17.7 Å². The van der Waals surface area contributed by atoms with Crippen molar-refractivity contribution in [2.24, 2.45) is 0 Å². The Morgan fingerprint density at radius 1 is 1.39 bits per heavy atom. The maximum absolute atomic E-state index is 11.9. The Morgan fingerprint density at radius 2 is 2.00 bits per heavy atom. The van der Waals surface area contributed by atoms with Gasteiger partial charge in [-0.25, -0.2) is 0 Å². The zero-order valence-corrected chi connectivity index (χ0v) is 11.9. The minimum Gasteiger partial charge on any atom is -0.355 e. The second-order valence-corrected chi connectivity index (χ2v) is 5.04. The Balaban J connectivity index is 2.26. The third-order valence-corrected chi connectivity index (χ3v) is 3.65. The summed E-state index contributed by atoms with van der Waals surface area (Å²) in [6.45, 7) is 2.43. The molecule has 0 spiro atoms. The molecule has 0 aromatic carbocycles. The second kappa shape index (κ2) is 7.59. The quantitative estimate of drug-likeness (QED) is 0.734. The fourth-order valence-electron chi connectivity index (χ4n) is 2.12. The van der Waals surface area contributed by atoms with Gasteiger partial charge in [-0.3, -0.25) is 9.59 Å². The van der Waals surface area contributed by atoms with Crippen molar-refractivity contribution in [3.8, 4) is 0 Å². The lowest BCUT2D eigenvalue weighted by Crippen LogP contribution is -2.45. The molecule has 0 unspecified atom stereocenters. The van der Waals surface area contributed by atoms with Crippen LogP contribution in [0.5, 0.6) is 0 Å². The van der Waals surface area contributed by atoms with Crippen LogP contribution in [0.25, 0.3) is 0 Å². The van der Waals surface area contributed by atoms with E-state index in [1.165, 1.54) is 0 Å². The molecular weight excluding hydrogens is 254 g/mol. The van der Waals surface area contributed by atoms with Gasteiger partial charge in [-0.1, -0.05) is 0 Å². The van der Waals surface area contributed by atoms with E-state index in [4.69, 9.17) is 11.6 Å². The molecule has 1 aliphatic heterocycles. The Labute approximate surface area is 113 Å². The summed E-state index contributed by atoms with van der Waals surface area (Å²) in [5.74, 6) is -0.204. The summed E-state index contributed by atoms with van der Waals surface area (Å²) in [6.07, 6.45) is 2.38. The van der Waals surface area contributed by atoms with Crippen molar-refractivity contribution in [3.05, 3.63) is 0 Å². The molecule has 1 aliphatic rings. The lowest BCUT2D eigenvalue weighted by atomic mass is 10.0. The number of hydrogen-bond acceptors (Lipinski definition) is 3. The number of nitrogens with zero attached hydrogens (tertiary/aromatic N) is 2. The van der Waals surface area contributed by atoms with Gasteiger partial charge in [0.2, 0.25) is 11.8 Å². The van der Waals surface area contributed by atoms with Gasteiger partial charge in [0, 0.05) is 26.1 Å². The fourth-order valence-corrected chi connectivity index (χ4v) is 2.21. The van der Waals surface area contributed by atoms with Gasteiger partial charge in [-0.15, -0.1) is 11.6 Å². The van der Waals surface area contributed by atoms with Crippen LogP contribution in [0.1, 0.15) is 19.3 Å². The molecule has 0 bridgehead atoms. The summed E-state index contributed by atoms with van der Waals surface area (Å²) in [4.78, 5) is 26.9. The molecule has 18 heavy (non-hydrogen) atoms. The van der Waals surface area contributed by atoms with Gasteiger partial charge in [-0.05, 0) is 33.0 Å². The zero-order valence-electron chi connectivity index (χ0n) is 11.1. The number of nitrogens with one attached hydrogen (secondary N) is 1. The molecule has 1 N–H and O–H groups in total. The average molecular weight is 276 g/mol. The van der Waals surface area contributed by atoms with Crippen LogP contribution < -0.4 is 5.32 Å². The van der Waals surface area contributed by atoms with E-state index < -0.39 is 0 Å². The smallest absolute Gasteiger partial charge is 0.234 e. The van der Waals surface area contributed by atoms with Crippen LogP contribution in [-0.2, 0) is 9.59 Å². The molecule has 0 aromatic rings. The van der Waals surface area contributed by atoms with Crippen molar-refractivity contribution in [2.45, 2.75) is 25.3 Å². The molecule has 1 rings (SSSR count). The third-order valence-electron chi connectivity index (χ3n) is 3.41.